The number of para-hydroxylation sites is 1. The molecule has 3 heteroatoms. The largest absolute Gasteiger partial charge is 0.478 e. The van der Waals surface area contributed by atoms with Gasteiger partial charge in [-0.1, -0.05) is 48.5 Å². The Kier molecular flexibility index (Phi) is 3.85. The Morgan fingerprint density at radius 3 is 2.11 bits per heavy atom. The Balaban J connectivity index is 2.21. The molecule has 2 aromatic rings. The van der Waals surface area contributed by atoms with Crippen LogP contribution in [0.1, 0.15) is 12.5 Å². The summed E-state index contributed by atoms with van der Waals surface area (Å²) in [6.07, 6.45) is 0.318. The molecule has 19 heavy (non-hydrogen) atoms. The molecule has 1 unspecified atom stereocenters. The van der Waals surface area contributed by atoms with Crippen molar-refractivity contribution in [3.05, 3.63) is 66.2 Å². The molecule has 0 saturated carbocycles. The Morgan fingerprint density at radius 2 is 1.58 bits per heavy atom. The summed E-state index contributed by atoms with van der Waals surface area (Å²) in [4.78, 5) is 11.5. The van der Waals surface area contributed by atoms with Crippen LogP contribution in [0, 0.1) is 0 Å². The minimum absolute atomic E-state index is 0.318. The zero-order valence-corrected chi connectivity index (χ0v) is 10.7. The number of carboxylic acid groups (broad SMARTS) is 1. The molecule has 0 heterocycles. The van der Waals surface area contributed by atoms with Crippen LogP contribution in [0.25, 0.3) is 0 Å². The van der Waals surface area contributed by atoms with E-state index in [2.05, 4.69) is 0 Å². The highest BCUT2D eigenvalue weighted by molar-refractivity contribution is 5.78. The van der Waals surface area contributed by atoms with Gasteiger partial charge in [-0.15, -0.1) is 0 Å². The summed E-state index contributed by atoms with van der Waals surface area (Å²) < 4.78 is 5.67. The number of hydrogen-bond donors (Lipinski definition) is 1. The molecule has 0 amide bonds. The molecule has 0 aliphatic carbocycles. The van der Waals surface area contributed by atoms with Crippen LogP contribution in [0.3, 0.4) is 0 Å². The molecule has 1 atom stereocenters. The van der Waals surface area contributed by atoms with Crippen molar-refractivity contribution < 1.29 is 14.6 Å². The smallest absolute Gasteiger partial charge is 0.348 e. The van der Waals surface area contributed by atoms with Gasteiger partial charge in [-0.25, -0.2) is 4.79 Å². The number of aliphatic carboxylic acids is 1. The van der Waals surface area contributed by atoms with Crippen molar-refractivity contribution in [1.29, 1.82) is 0 Å². The summed E-state index contributed by atoms with van der Waals surface area (Å²) >= 11 is 0. The first-order valence-corrected chi connectivity index (χ1v) is 6.11. The molecule has 1 N–H and O–H groups in total. The van der Waals surface area contributed by atoms with Crippen LogP contribution in [0.2, 0.25) is 0 Å². The number of ether oxygens (including phenoxy) is 1. The van der Waals surface area contributed by atoms with Gasteiger partial charge < -0.3 is 9.84 Å². The Hall–Kier alpha value is -2.29. The Morgan fingerprint density at radius 1 is 1.05 bits per heavy atom. The molecule has 0 fully saturated rings. The average Bonchev–Trinajstić information content (AvgIpc) is 2.40. The lowest BCUT2D eigenvalue weighted by molar-refractivity contribution is -0.153. The molecule has 0 aliphatic rings. The fourth-order valence-electron chi connectivity index (χ4n) is 1.89. The molecule has 2 rings (SSSR count). The van der Waals surface area contributed by atoms with Crippen molar-refractivity contribution in [2.75, 3.05) is 0 Å². The van der Waals surface area contributed by atoms with Gasteiger partial charge in [-0.2, -0.15) is 0 Å². The highest BCUT2D eigenvalue weighted by Crippen LogP contribution is 2.22. The minimum Gasteiger partial charge on any atom is -0.478 e. The van der Waals surface area contributed by atoms with Gasteiger partial charge in [0.05, 0.1) is 0 Å². The molecule has 0 aromatic heterocycles. The highest BCUT2D eigenvalue weighted by Gasteiger charge is 2.35. The van der Waals surface area contributed by atoms with Crippen LogP contribution in [-0.2, 0) is 11.2 Å². The van der Waals surface area contributed by atoms with Crippen LogP contribution in [0.5, 0.6) is 5.75 Å². The third-order valence-electron chi connectivity index (χ3n) is 2.92. The standard InChI is InChI=1S/C16H16O3/c1-16(15(17)18,12-13-8-4-2-5-9-13)19-14-10-6-3-7-11-14/h2-11H,12H2,1H3,(H,17,18). The van der Waals surface area contributed by atoms with Gasteiger partial charge in [0, 0.05) is 6.42 Å². The predicted molar refractivity (Wildman–Crippen MR) is 73.3 cm³/mol. The first kappa shape index (κ1) is 13.1. The molecule has 0 radical (unpaired) electrons. The van der Waals surface area contributed by atoms with Crippen molar-refractivity contribution in [3.8, 4) is 5.75 Å². The summed E-state index contributed by atoms with van der Waals surface area (Å²) in [5.41, 5.74) is -0.341. The van der Waals surface area contributed by atoms with Crippen LogP contribution in [0.4, 0.5) is 0 Å². The van der Waals surface area contributed by atoms with E-state index in [1.807, 2.05) is 48.5 Å². The summed E-state index contributed by atoms with van der Waals surface area (Å²) in [5.74, 6) is -0.413. The average molecular weight is 256 g/mol. The topological polar surface area (TPSA) is 46.5 Å². The van der Waals surface area contributed by atoms with Crippen LogP contribution in [-0.4, -0.2) is 16.7 Å². The second-order valence-electron chi connectivity index (χ2n) is 4.61. The molecule has 3 nitrogen and oxygen atoms in total. The third kappa shape index (κ3) is 3.35. The lowest BCUT2D eigenvalue weighted by atomic mass is 9.96. The molecule has 0 saturated heterocycles. The molecular formula is C16H16O3. The molecule has 0 bridgehead atoms. The van der Waals surface area contributed by atoms with E-state index in [4.69, 9.17) is 4.74 Å². The Labute approximate surface area is 112 Å². The quantitative estimate of drug-likeness (QED) is 0.893. The van der Waals surface area contributed by atoms with Gasteiger partial charge in [-0.05, 0) is 24.6 Å². The normalized spacial score (nSPS) is 13.5. The first-order chi connectivity index (χ1) is 9.10. The Bertz CT molecular complexity index is 493. The van der Waals surface area contributed by atoms with Crippen molar-refractivity contribution >= 4 is 5.97 Å². The van der Waals surface area contributed by atoms with E-state index in [-0.39, 0.29) is 0 Å². The van der Waals surface area contributed by atoms with E-state index in [0.29, 0.717) is 12.2 Å². The van der Waals surface area contributed by atoms with Crippen LogP contribution < -0.4 is 4.74 Å². The van der Waals surface area contributed by atoms with E-state index in [1.165, 1.54) is 0 Å². The fourth-order valence-corrected chi connectivity index (χ4v) is 1.89. The van der Waals surface area contributed by atoms with Gasteiger partial charge in [0.25, 0.3) is 0 Å². The van der Waals surface area contributed by atoms with Crippen molar-refractivity contribution in [2.24, 2.45) is 0 Å². The van der Waals surface area contributed by atoms with Crippen molar-refractivity contribution in [2.45, 2.75) is 18.9 Å². The maximum Gasteiger partial charge on any atom is 0.348 e. The highest BCUT2D eigenvalue weighted by atomic mass is 16.5. The number of hydrogen-bond acceptors (Lipinski definition) is 2. The zero-order chi connectivity index (χ0) is 13.7. The lowest BCUT2D eigenvalue weighted by Gasteiger charge is -2.26. The van der Waals surface area contributed by atoms with E-state index >= 15 is 0 Å². The molecule has 0 aliphatic heterocycles. The fraction of sp³-hybridized carbons (Fsp3) is 0.188. The third-order valence-corrected chi connectivity index (χ3v) is 2.92. The number of carbonyl (C=O) groups is 1. The lowest BCUT2D eigenvalue weighted by Crippen LogP contribution is -2.43. The van der Waals surface area contributed by atoms with Crippen molar-refractivity contribution in [3.63, 3.8) is 0 Å². The van der Waals surface area contributed by atoms with E-state index < -0.39 is 11.6 Å². The minimum atomic E-state index is -1.28. The summed E-state index contributed by atoms with van der Waals surface area (Å²) in [5, 5.41) is 9.43. The maximum atomic E-state index is 11.5. The number of benzene rings is 2. The van der Waals surface area contributed by atoms with E-state index in [9.17, 15) is 9.90 Å². The number of carboxylic acids is 1. The monoisotopic (exact) mass is 256 g/mol. The maximum absolute atomic E-state index is 11.5. The molecule has 2 aromatic carbocycles. The second-order valence-corrected chi connectivity index (χ2v) is 4.61. The first-order valence-electron chi connectivity index (χ1n) is 6.11. The summed E-state index contributed by atoms with van der Waals surface area (Å²) in [6.45, 7) is 1.59. The molecule has 0 spiro atoms. The molecule has 98 valence electrons. The van der Waals surface area contributed by atoms with Gasteiger partial charge in [0.15, 0.2) is 0 Å². The summed E-state index contributed by atoms with van der Waals surface area (Å²) in [6, 6.07) is 18.5. The van der Waals surface area contributed by atoms with E-state index in [1.54, 1.807) is 19.1 Å². The van der Waals surface area contributed by atoms with E-state index in [0.717, 1.165) is 5.56 Å². The van der Waals surface area contributed by atoms with Crippen molar-refractivity contribution in [1.82, 2.24) is 0 Å². The van der Waals surface area contributed by atoms with Gasteiger partial charge >= 0.3 is 5.97 Å². The summed E-state index contributed by atoms with van der Waals surface area (Å²) in [7, 11) is 0. The number of rotatable bonds is 5. The van der Waals surface area contributed by atoms with Gasteiger partial charge in [-0.3, -0.25) is 0 Å². The second kappa shape index (κ2) is 5.57. The van der Waals surface area contributed by atoms with Gasteiger partial charge in [0.1, 0.15) is 5.75 Å². The zero-order valence-electron chi connectivity index (χ0n) is 10.7. The molecular weight excluding hydrogens is 240 g/mol. The van der Waals surface area contributed by atoms with Crippen LogP contribution >= 0.6 is 0 Å². The van der Waals surface area contributed by atoms with Gasteiger partial charge in [0.2, 0.25) is 5.60 Å². The SMILES string of the molecule is CC(Cc1ccccc1)(Oc1ccccc1)C(=O)O. The van der Waals surface area contributed by atoms with Crippen LogP contribution in [0.15, 0.2) is 60.7 Å². The predicted octanol–water partition coefficient (Wildman–Crippen LogP) is 3.15.